The molecular formula is C14H19NO2. The number of nitrogens with zero attached hydrogens (tertiary/aromatic N) is 1. The quantitative estimate of drug-likeness (QED) is 0.747. The summed E-state index contributed by atoms with van der Waals surface area (Å²) in [5.74, 6) is -0.434. The Morgan fingerprint density at radius 2 is 1.88 bits per heavy atom. The zero-order valence-electron chi connectivity index (χ0n) is 10.9. The van der Waals surface area contributed by atoms with Crippen LogP contribution in [0.25, 0.3) is 0 Å². The van der Waals surface area contributed by atoms with E-state index in [0.29, 0.717) is 6.42 Å². The van der Waals surface area contributed by atoms with Gasteiger partial charge in [-0.05, 0) is 18.6 Å². The highest BCUT2D eigenvalue weighted by molar-refractivity contribution is 6.20. The van der Waals surface area contributed by atoms with Crippen LogP contribution < -0.4 is 4.90 Å². The highest BCUT2D eigenvalue weighted by Crippen LogP contribution is 2.36. The van der Waals surface area contributed by atoms with Crippen molar-refractivity contribution in [2.45, 2.75) is 40.0 Å². The largest absolute Gasteiger partial charge is 0.274 e. The Kier molecular flexibility index (Phi) is 4.44. The van der Waals surface area contributed by atoms with E-state index < -0.39 is 0 Å². The molecular weight excluding hydrogens is 214 g/mol. The van der Waals surface area contributed by atoms with Crippen LogP contribution in [0.1, 0.15) is 45.6 Å². The number of hydrogen-bond donors (Lipinski definition) is 0. The van der Waals surface area contributed by atoms with E-state index in [2.05, 4.69) is 0 Å². The maximum absolute atomic E-state index is 11.9. The first-order chi connectivity index (χ1) is 8.16. The van der Waals surface area contributed by atoms with Crippen LogP contribution in [0, 0.1) is 0 Å². The van der Waals surface area contributed by atoms with Gasteiger partial charge < -0.3 is 0 Å². The van der Waals surface area contributed by atoms with Crippen molar-refractivity contribution in [2.75, 3.05) is 4.90 Å². The van der Waals surface area contributed by atoms with Gasteiger partial charge in [0.2, 0.25) is 11.8 Å². The summed E-state index contributed by atoms with van der Waals surface area (Å²) in [6, 6.07) is 7.47. The van der Waals surface area contributed by atoms with Gasteiger partial charge in [-0.2, -0.15) is 0 Å². The normalized spacial score (nSPS) is 17.3. The van der Waals surface area contributed by atoms with Gasteiger partial charge in [-0.1, -0.05) is 39.0 Å². The molecule has 3 heteroatoms. The van der Waals surface area contributed by atoms with Gasteiger partial charge in [0, 0.05) is 6.42 Å². The van der Waals surface area contributed by atoms with Crippen LogP contribution in [-0.4, -0.2) is 11.8 Å². The van der Waals surface area contributed by atoms with Gasteiger partial charge in [0.15, 0.2) is 0 Å². The van der Waals surface area contributed by atoms with Gasteiger partial charge in [0.25, 0.3) is 0 Å². The lowest BCUT2D eigenvalue weighted by Crippen LogP contribution is -2.33. The van der Waals surface area contributed by atoms with E-state index in [0.717, 1.165) is 11.3 Å². The standard InChI is InChI=1S/C12H13NO2.C2H6/c1-3-11(14)13-10-7-5-4-6-9(10)8(2)12(13)15;1-2/h4-8H,3H2,1-2H3;1-2H3. The molecule has 0 saturated carbocycles. The molecule has 92 valence electrons. The highest BCUT2D eigenvalue weighted by Gasteiger charge is 2.36. The van der Waals surface area contributed by atoms with Gasteiger partial charge in [0.1, 0.15) is 0 Å². The van der Waals surface area contributed by atoms with Crippen molar-refractivity contribution in [3.8, 4) is 0 Å². The molecule has 2 rings (SSSR count). The summed E-state index contributed by atoms with van der Waals surface area (Å²) in [7, 11) is 0. The minimum atomic E-state index is -0.198. The first-order valence-corrected chi connectivity index (χ1v) is 6.12. The van der Waals surface area contributed by atoms with Gasteiger partial charge >= 0.3 is 0 Å². The second kappa shape index (κ2) is 5.62. The predicted octanol–water partition coefficient (Wildman–Crippen LogP) is 3.10. The highest BCUT2D eigenvalue weighted by atomic mass is 16.2. The Bertz CT molecular complexity index is 426. The van der Waals surface area contributed by atoms with Crippen molar-refractivity contribution in [3.05, 3.63) is 29.8 Å². The van der Waals surface area contributed by atoms with E-state index in [4.69, 9.17) is 0 Å². The molecule has 0 bridgehead atoms. The number of imide groups is 1. The maximum Gasteiger partial charge on any atom is 0.241 e. The van der Waals surface area contributed by atoms with Crippen molar-refractivity contribution < 1.29 is 9.59 Å². The second-order valence-corrected chi connectivity index (χ2v) is 3.70. The van der Waals surface area contributed by atoms with Crippen LogP contribution in [-0.2, 0) is 9.59 Å². The zero-order chi connectivity index (χ0) is 13.0. The summed E-state index contributed by atoms with van der Waals surface area (Å²) in [4.78, 5) is 24.8. The average Bonchev–Trinajstić information content (AvgIpc) is 2.64. The van der Waals surface area contributed by atoms with E-state index in [1.54, 1.807) is 6.92 Å². The van der Waals surface area contributed by atoms with Gasteiger partial charge in [-0.25, -0.2) is 4.90 Å². The molecule has 1 heterocycles. The Morgan fingerprint density at radius 1 is 1.29 bits per heavy atom. The van der Waals surface area contributed by atoms with E-state index in [1.165, 1.54) is 4.90 Å². The second-order valence-electron chi connectivity index (χ2n) is 3.70. The van der Waals surface area contributed by atoms with Crippen LogP contribution >= 0.6 is 0 Å². The van der Waals surface area contributed by atoms with Crippen molar-refractivity contribution in [1.29, 1.82) is 0 Å². The number of fused-ring (bicyclic) bond motifs is 1. The summed E-state index contributed by atoms with van der Waals surface area (Å²) in [6.45, 7) is 7.60. The van der Waals surface area contributed by atoms with Crippen LogP contribution in [0.5, 0.6) is 0 Å². The summed E-state index contributed by atoms with van der Waals surface area (Å²) in [6.07, 6.45) is 0.354. The van der Waals surface area contributed by atoms with Gasteiger partial charge in [-0.15, -0.1) is 0 Å². The zero-order valence-corrected chi connectivity index (χ0v) is 10.9. The number of para-hydroxylation sites is 1. The smallest absolute Gasteiger partial charge is 0.241 e. The molecule has 0 radical (unpaired) electrons. The summed E-state index contributed by atoms with van der Waals surface area (Å²) >= 11 is 0. The lowest BCUT2D eigenvalue weighted by atomic mass is 10.0. The van der Waals surface area contributed by atoms with E-state index in [-0.39, 0.29) is 17.7 Å². The lowest BCUT2D eigenvalue weighted by Gasteiger charge is -2.14. The molecule has 3 nitrogen and oxygen atoms in total. The minimum Gasteiger partial charge on any atom is -0.274 e. The molecule has 1 aliphatic heterocycles. The van der Waals surface area contributed by atoms with E-state index in [9.17, 15) is 9.59 Å². The van der Waals surface area contributed by atoms with Gasteiger partial charge in [-0.3, -0.25) is 9.59 Å². The molecule has 0 aliphatic carbocycles. The Labute approximate surface area is 102 Å². The molecule has 1 aliphatic rings. The Morgan fingerprint density at radius 3 is 2.47 bits per heavy atom. The fourth-order valence-corrected chi connectivity index (χ4v) is 1.92. The fraction of sp³-hybridized carbons (Fsp3) is 0.429. The minimum absolute atomic E-state index is 0.108. The first-order valence-electron chi connectivity index (χ1n) is 6.12. The number of carbonyl (C=O) groups is 2. The van der Waals surface area contributed by atoms with Crippen LogP contribution in [0.15, 0.2) is 24.3 Å². The third kappa shape index (κ3) is 2.23. The molecule has 1 unspecified atom stereocenters. The molecule has 0 spiro atoms. The Hall–Kier alpha value is -1.64. The summed E-state index contributed by atoms with van der Waals surface area (Å²) < 4.78 is 0. The monoisotopic (exact) mass is 233 g/mol. The number of carbonyl (C=O) groups excluding carboxylic acids is 2. The molecule has 0 aromatic heterocycles. The summed E-state index contributed by atoms with van der Waals surface area (Å²) in [5, 5.41) is 0. The molecule has 2 amide bonds. The maximum atomic E-state index is 11.9. The van der Waals surface area contributed by atoms with E-state index in [1.807, 2.05) is 45.0 Å². The van der Waals surface area contributed by atoms with Crippen LogP contribution in [0.2, 0.25) is 0 Å². The molecule has 0 fully saturated rings. The number of anilines is 1. The van der Waals surface area contributed by atoms with Crippen molar-refractivity contribution in [2.24, 2.45) is 0 Å². The third-order valence-electron chi connectivity index (χ3n) is 2.79. The average molecular weight is 233 g/mol. The first kappa shape index (κ1) is 13.4. The SMILES string of the molecule is CC.CCC(=O)N1C(=O)C(C)c2ccccc21. The van der Waals surface area contributed by atoms with Crippen LogP contribution in [0.4, 0.5) is 5.69 Å². The molecule has 17 heavy (non-hydrogen) atoms. The van der Waals surface area contributed by atoms with E-state index >= 15 is 0 Å². The number of hydrogen-bond acceptors (Lipinski definition) is 2. The van der Waals surface area contributed by atoms with Crippen molar-refractivity contribution in [1.82, 2.24) is 0 Å². The van der Waals surface area contributed by atoms with Crippen LogP contribution in [0.3, 0.4) is 0 Å². The predicted molar refractivity (Wildman–Crippen MR) is 69.0 cm³/mol. The Balaban J connectivity index is 0.000000686. The fourth-order valence-electron chi connectivity index (χ4n) is 1.92. The molecule has 1 atom stereocenters. The molecule has 0 N–H and O–H groups in total. The molecule has 1 aromatic rings. The molecule has 0 saturated heterocycles. The number of rotatable bonds is 1. The number of amides is 2. The third-order valence-corrected chi connectivity index (χ3v) is 2.79. The van der Waals surface area contributed by atoms with Crippen molar-refractivity contribution >= 4 is 17.5 Å². The van der Waals surface area contributed by atoms with Gasteiger partial charge in [0.05, 0.1) is 11.6 Å². The molecule has 1 aromatic carbocycles. The van der Waals surface area contributed by atoms with Crippen molar-refractivity contribution in [3.63, 3.8) is 0 Å². The topological polar surface area (TPSA) is 37.4 Å². The lowest BCUT2D eigenvalue weighted by molar-refractivity contribution is -0.126. The number of benzene rings is 1. The summed E-state index contributed by atoms with van der Waals surface area (Å²) in [5.41, 5.74) is 1.70.